The number of fused-ring (bicyclic) bond motifs is 1. The van der Waals surface area contributed by atoms with Gasteiger partial charge in [0.25, 0.3) is 0 Å². The lowest BCUT2D eigenvalue weighted by molar-refractivity contribution is 1.47. The molecular weight excluding hydrogens is 232 g/mol. The maximum Gasteiger partial charge on any atom is 0.0394 e. The van der Waals surface area contributed by atoms with Crippen LogP contribution < -0.4 is 11.5 Å². The molecule has 0 saturated heterocycles. The van der Waals surface area contributed by atoms with E-state index in [4.69, 9.17) is 11.5 Å². The van der Waals surface area contributed by atoms with Gasteiger partial charge in [-0.2, -0.15) is 0 Å². The molecule has 2 heteroatoms. The zero-order valence-electron chi connectivity index (χ0n) is 10.9. The van der Waals surface area contributed by atoms with E-state index < -0.39 is 0 Å². The molecule has 0 radical (unpaired) electrons. The zero-order valence-corrected chi connectivity index (χ0v) is 10.9. The number of hydrogen-bond acceptors (Lipinski definition) is 2. The van der Waals surface area contributed by atoms with Gasteiger partial charge in [-0.3, -0.25) is 0 Å². The molecule has 4 N–H and O–H groups in total. The highest BCUT2D eigenvalue weighted by Gasteiger charge is 2.06. The Kier molecular flexibility index (Phi) is 2.64. The van der Waals surface area contributed by atoms with Gasteiger partial charge in [0.05, 0.1) is 0 Å². The Hall–Kier alpha value is -2.48. The second kappa shape index (κ2) is 4.32. The summed E-state index contributed by atoms with van der Waals surface area (Å²) in [5, 5.41) is 2.26. The van der Waals surface area contributed by atoms with Gasteiger partial charge in [-0.05, 0) is 47.2 Å². The first-order valence-corrected chi connectivity index (χ1v) is 6.30. The van der Waals surface area contributed by atoms with Crippen molar-refractivity contribution in [2.24, 2.45) is 0 Å². The van der Waals surface area contributed by atoms with Gasteiger partial charge < -0.3 is 11.5 Å². The number of benzene rings is 3. The molecule has 0 heterocycles. The van der Waals surface area contributed by atoms with Crippen LogP contribution in [0.3, 0.4) is 0 Å². The van der Waals surface area contributed by atoms with Crippen LogP contribution in [0, 0.1) is 6.92 Å². The molecule has 3 aromatic rings. The molecule has 0 spiro atoms. The lowest BCUT2D eigenvalue weighted by Crippen LogP contribution is -1.92. The quantitative estimate of drug-likeness (QED) is 0.640. The van der Waals surface area contributed by atoms with Gasteiger partial charge in [0, 0.05) is 16.8 Å². The summed E-state index contributed by atoms with van der Waals surface area (Å²) in [5.41, 5.74) is 17.0. The standard InChI is InChI=1S/C17H16N2/c1-11-10-12(6-8-16(11)18)13-7-9-17(19)15-5-3-2-4-14(13)15/h2-10H,18-19H2,1H3. The van der Waals surface area contributed by atoms with E-state index in [1.807, 2.05) is 31.2 Å². The summed E-state index contributed by atoms with van der Waals surface area (Å²) in [6, 6.07) is 18.4. The summed E-state index contributed by atoms with van der Waals surface area (Å²) in [6.45, 7) is 2.03. The van der Waals surface area contributed by atoms with Crippen molar-refractivity contribution in [2.75, 3.05) is 11.5 Å². The fourth-order valence-electron chi connectivity index (χ4n) is 2.42. The van der Waals surface area contributed by atoms with Crippen LogP contribution >= 0.6 is 0 Å². The molecule has 0 atom stereocenters. The van der Waals surface area contributed by atoms with E-state index in [2.05, 4.69) is 30.3 Å². The molecule has 0 amide bonds. The summed E-state index contributed by atoms with van der Waals surface area (Å²) >= 11 is 0. The van der Waals surface area contributed by atoms with Crippen LogP contribution in [0.4, 0.5) is 11.4 Å². The minimum atomic E-state index is 0.812. The third-order valence-corrected chi connectivity index (χ3v) is 3.54. The summed E-state index contributed by atoms with van der Waals surface area (Å²) in [6.07, 6.45) is 0. The Morgan fingerprint density at radius 2 is 1.42 bits per heavy atom. The van der Waals surface area contributed by atoms with Crippen molar-refractivity contribution in [3.8, 4) is 11.1 Å². The Balaban J connectivity index is 2.31. The van der Waals surface area contributed by atoms with E-state index >= 15 is 0 Å². The number of hydrogen-bond donors (Lipinski definition) is 2. The van der Waals surface area contributed by atoms with Crippen LogP contribution in [0.2, 0.25) is 0 Å². The Morgan fingerprint density at radius 3 is 2.16 bits per heavy atom. The largest absolute Gasteiger partial charge is 0.399 e. The van der Waals surface area contributed by atoms with Crippen molar-refractivity contribution < 1.29 is 0 Å². The number of rotatable bonds is 1. The smallest absolute Gasteiger partial charge is 0.0394 e. The Labute approximate surface area is 112 Å². The fraction of sp³-hybridized carbons (Fsp3) is 0.0588. The SMILES string of the molecule is Cc1cc(-c2ccc(N)c3ccccc23)ccc1N. The zero-order chi connectivity index (χ0) is 13.4. The topological polar surface area (TPSA) is 52.0 Å². The predicted octanol–water partition coefficient (Wildman–Crippen LogP) is 3.98. The predicted molar refractivity (Wildman–Crippen MR) is 82.9 cm³/mol. The molecule has 0 aromatic heterocycles. The van der Waals surface area contributed by atoms with Crippen molar-refractivity contribution in [3.63, 3.8) is 0 Å². The van der Waals surface area contributed by atoms with Crippen LogP contribution in [0.1, 0.15) is 5.56 Å². The molecule has 0 aliphatic rings. The highest BCUT2D eigenvalue weighted by atomic mass is 14.6. The van der Waals surface area contributed by atoms with Gasteiger partial charge in [-0.25, -0.2) is 0 Å². The molecule has 19 heavy (non-hydrogen) atoms. The molecule has 0 bridgehead atoms. The maximum atomic E-state index is 6.04. The molecule has 0 aliphatic heterocycles. The van der Waals surface area contributed by atoms with Crippen LogP contribution in [0.25, 0.3) is 21.9 Å². The molecule has 0 aliphatic carbocycles. The van der Waals surface area contributed by atoms with Crippen molar-refractivity contribution in [1.29, 1.82) is 0 Å². The lowest BCUT2D eigenvalue weighted by Gasteiger charge is -2.10. The van der Waals surface area contributed by atoms with Crippen LogP contribution in [0.15, 0.2) is 54.6 Å². The van der Waals surface area contributed by atoms with Gasteiger partial charge in [0.1, 0.15) is 0 Å². The minimum Gasteiger partial charge on any atom is -0.399 e. The first-order chi connectivity index (χ1) is 9.16. The first-order valence-electron chi connectivity index (χ1n) is 6.30. The molecular formula is C17H16N2. The van der Waals surface area contributed by atoms with Crippen LogP contribution in [-0.2, 0) is 0 Å². The number of aryl methyl sites for hydroxylation is 1. The van der Waals surface area contributed by atoms with E-state index in [1.54, 1.807) is 0 Å². The normalized spacial score (nSPS) is 10.8. The van der Waals surface area contributed by atoms with Crippen molar-refractivity contribution in [2.45, 2.75) is 6.92 Å². The van der Waals surface area contributed by atoms with Crippen LogP contribution in [0.5, 0.6) is 0 Å². The molecule has 0 unspecified atom stereocenters. The highest BCUT2D eigenvalue weighted by Crippen LogP contribution is 2.33. The Morgan fingerprint density at radius 1 is 0.737 bits per heavy atom. The second-order valence-electron chi connectivity index (χ2n) is 4.82. The molecule has 94 valence electrons. The van der Waals surface area contributed by atoms with E-state index in [9.17, 15) is 0 Å². The van der Waals surface area contributed by atoms with Gasteiger partial charge in [0.2, 0.25) is 0 Å². The van der Waals surface area contributed by atoms with E-state index in [1.165, 1.54) is 16.5 Å². The number of nitrogens with two attached hydrogens (primary N) is 2. The van der Waals surface area contributed by atoms with Crippen molar-refractivity contribution in [3.05, 3.63) is 60.2 Å². The van der Waals surface area contributed by atoms with Crippen LogP contribution in [-0.4, -0.2) is 0 Å². The van der Waals surface area contributed by atoms with Crippen molar-refractivity contribution >= 4 is 22.1 Å². The monoisotopic (exact) mass is 248 g/mol. The van der Waals surface area contributed by atoms with E-state index in [0.29, 0.717) is 0 Å². The average molecular weight is 248 g/mol. The molecule has 3 rings (SSSR count). The van der Waals surface area contributed by atoms with Crippen molar-refractivity contribution in [1.82, 2.24) is 0 Å². The third kappa shape index (κ3) is 1.91. The van der Waals surface area contributed by atoms with Gasteiger partial charge in [-0.15, -0.1) is 0 Å². The summed E-state index contributed by atoms with van der Waals surface area (Å²) in [5.74, 6) is 0. The maximum absolute atomic E-state index is 6.04. The second-order valence-corrected chi connectivity index (χ2v) is 4.82. The molecule has 3 aromatic carbocycles. The van der Waals surface area contributed by atoms with Gasteiger partial charge in [-0.1, -0.05) is 36.4 Å². The summed E-state index contributed by atoms with van der Waals surface area (Å²) in [7, 11) is 0. The van der Waals surface area contributed by atoms with Gasteiger partial charge in [0.15, 0.2) is 0 Å². The lowest BCUT2D eigenvalue weighted by atomic mass is 9.96. The molecule has 2 nitrogen and oxygen atoms in total. The van der Waals surface area contributed by atoms with Gasteiger partial charge >= 0.3 is 0 Å². The molecule has 0 saturated carbocycles. The highest BCUT2D eigenvalue weighted by molar-refractivity contribution is 6.02. The minimum absolute atomic E-state index is 0.812. The average Bonchev–Trinajstić information content (AvgIpc) is 2.43. The molecule has 0 fully saturated rings. The summed E-state index contributed by atoms with van der Waals surface area (Å²) in [4.78, 5) is 0. The van der Waals surface area contributed by atoms with E-state index in [0.717, 1.165) is 22.3 Å². The Bertz CT molecular complexity index is 760. The third-order valence-electron chi connectivity index (χ3n) is 3.54. The fourth-order valence-corrected chi connectivity index (χ4v) is 2.42. The van der Waals surface area contributed by atoms with E-state index in [-0.39, 0.29) is 0 Å². The summed E-state index contributed by atoms with van der Waals surface area (Å²) < 4.78 is 0. The number of nitrogen functional groups attached to an aromatic ring is 2. The first kappa shape index (κ1) is 11.6. The number of anilines is 2.